The molecule has 0 atom stereocenters. The summed E-state index contributed by atoms with van der Waals surface area (Å²) in [6, 6.07) is 14.2. The van der Waals surface area contributed by atoms with Gasteiger partial charge < -0.3 is 15.9 Å². The van der Waals surface area contributed by atoms with E-state index in [-0.39, 0.29) is 13.2 Å². The zero-order valence-electron chi connectivity index (χ0n) is 9.88. The van der Waals surface area contributed by atoms with Crippen LogP contribution in [-0.2, 0) is 13.2 Å². The monoisotopic (exact) mass is 265 g/mol. The number of hydrogen-bond donors (Lipinski definition) is 3. The fraction of sp³-hybridized carbons (Fsp3) is 0.143. The fourth-order valence-corrected chi connectivity index (χ4v) is 1.34. The van der Waals surface area contributed by atoms with Crippen LogP contribution in [0.15, 0.2) is 48.5 Å². The van der Waals surface area contributed by atoms with Gasteiger partial charge in [0.25, 0.3) is 0 Å². The topological polar surface area (TPSA) is 66.5 Å². The second kappa shape index (κ2) is 7.71. The molecule has 0 heterocycles. The van der Waals surface area contributed by atoms with Crippen molar-refractivity contribution in [2.24, 2.45) is 0 Å². The van der Waals surface area contributed by atoms with E-state index in [4.69, 9.17) is 27.5 Å². The normalized spacial score (nSPS) is 9.50. The highest BCUT2D eigenvalue weighted by Gasteiger charge is 1.87. The van der Waals surface area contributed by atoms with Gasteiger partial charge >= 0.3 is 0 Å². The Morgan fingerprint density at radius 2 is 1.17 bits per heavy atom. The summed E-state index contributed by atoms with van der Waals surface area (Å²) < 4.78 is 0. The number of halogens is 1. The van der Waals surface area contributed by atoms with Crippen molar-refractivity contribution in [3.05, 3.63) is 64.7 Å². The van der Waals surface area contributed by atoms with E-state index in [1.807, 2.05) is 0 Å². The van der Waals surface area contributed by atoms with E-state index < -0.39 is 0 Å². The van der Waals surface area contributed by atoms with Crippen LogP contribution >= 0.6 is 11.6 Å². The fourth-order valence-electron chi connectivity index (χ4n) is 1.21. The molecule has 96 valence electrons. The van der Waals surface area contributed by atoms with Crippen LogP contribution in [0.1, 0.15) is 11.1 Å². The quantitative estimate of drug-likeness (QED) is 0.731. The van der Waals surface area contributed by atoms with Crippen LogP contribution in [0.3, 0.4) is 0 Å². The van der Waals surface area contributed by atoms with E-state index in [9.17, 15) is 0 Å². The van der Waals surface area contributed by atoms with Crippen LogP contribution in [-0.4, -0.2) is 10.2 Å². The zero-order valence-corrected chi connectivity index (χ0v) is 10.6. The molecule has 0 aliphatic carbocycles. The number of aliphatic hydroxyl groups excluding tert-OH is 2. The molecular weight excluding hydrogens is 250 g/mol. The minimum atomic E-state index is 0.0805. The smallest absolute Gasteiger partial charge is 0.0681 e. The first kappa shape index (κ1) is 14.5. The molecule has 2 rings (SSSR count). The average molecular weight is 266 g/mol. The number of rotatable bonds is 2. The summed E-state index contributed by atoms with van der Waals surface area (Å²) in [6.45, 7) is 0.164. The van der Waals surface area contributed by atoms with E-state index >= 15 is 0 Å². The highest BCUT2D eigenvalue weighted by Crippen LogP contribution is 2.08. The molecule has 2 aromatic rings. The third-order valence-corrected chi connectivity index (χ3v) is 2.51. The molecule has 0 radical (unpaired) electrons. The van der Waals surface area contributed by atoms with Crippen molar-refractivity contribution in [3.8, 4) is 0 Å². The van der Waals surface area contributed by atoms with Gasteiger partial charge in [0.1, 0.15) is 0 Å². The van der Waals surface area contributed by atoms with Gasteiger partial charge in [0.05, 0.1) is 13.2 Å². The predicted octanol–water partition coefficient (Wildman–Crippen LogP) is 2.59. The molecule has 0 spiro atoms. The lowest BCUT2D eigenvalue weighted by molar-refractivity contribution is 0.281. The van der Waals surface area contributed by atoms with E-state index in [0.29, 0.717) is 5.02 Å². The van der Waals surface area contributed by atoms with Crippen LogP contribution < -0.4 is 5.73 Å². The van der Waals surface area contributed by atoms with Crippen molar-refractivity contribution in [2.45, 2.75) is 13.2 Å². The average Bonchev–Trinajstić information content (AvgIpc) is 2.41. The molecule has 0 unspecified atom stereocenters. The van der Waals surface area contributed by atoms with E-state index in [0.717, 1.165) is 16.8 Å². The molecule has 0 aromatic heterocycles. The van der Waals surface area contributed by atoms with Gasteiger partial charge in [-0.25, -0.2) is 0 Å². The van der Waals surface area contributed by atoms with Gasteiger partial charge in [-0.3, -0.25) is 0 Å². The second-order valence-electron chi connectivity index (χ2n) is 3.68. The van der Waals surface area contributed by atoms with Crippen molar-refractivity contribution in [1.82, 2.24) is 0 Å². The first-order valence-corrected chi connectivity index (χ1v) is 5.84. The van der Waals surface area contributed by atoms with Crippen LogP contribution in [0.25, 0.3) is 0 Å². The van der Waals surface area contributed by atoms with Crippen molar-refractivity contribution in [3.63, 3.8) is 0 Å². The second-order valence-corrected chi connectivity index (χ2v) is 4.12. The molecule has 3 nitrogen and oxygen atoms in total. The Balaban J connectivity index is 0.000000180. The molecule has 0 aliphatic heterocycles. The summed E-state index contributed by atoms with van der Waals surface area (Å²) in [6.07, 6.45) is 0. The van der Waals surface area contributed by atoms with Crippen molar-refractivity contribution in [1.29, 1.82) is 0 Å². The Hall–Kier alpha value is -1.55. The Labute approximate surface area is 111 Å². The maximum Gasteiger partial charge on any atom is 0.0681 e. The third kappa shape index (κ3) is 5.19. The van der Waals surface area contributed by atoms with Crippen molar-refractivity contribution < 1.29 is 10.2 Å². The highest BCUT2D eigenvalue weighted by atomic mass is 35.5. The van der Waals surface area contributed by atoms with Gasteiger partial charge in [0.2, 0.25) is 0 Å². The van der Waals surface area contributed by atoms with Gasteiger partial charge in [-0.2, -0.15) is 0 Å². The summed E-state index contributed by atoms with van der Waals surface area (Å²) >= 11 is 5.59. The summed E-state index contributed by atoms with van der Waals surface area (Å²) in [4.78, 5) is 0. The lowest BCUT2D eigenvalue weighted by atomic mass is 10.2. The number of aliphatic hydroxyl groups is 2. The Kier molecular flexibility index (Phi) is 6.22. The minimum Gasteiger partial charge on any atom is -0.399 e. The largest absolute Gasteiger partial charge is 0.399 e. The Morgan fingerprint density at radius 3 is 1.56 bits per heavy atom. The first-order valence-electron chi connectivity index (χ1n) is 5.46. The highest BCUT2D eigenvalue weighted by molar-refractivity contribution is 6.30. The molecule has 4 N–H and O–H groups in total. The molecule has 2 aromatic carbocycles. The third-order valence-electron chi connectivity index (χ3n) is 2.26. The Morgan fingerprint density at radius 1 is 0.778 bits per heavy atom. The maximum absolute atomic E-state index is 8.59. The number of anilines is 1. The minimum absolute atomic E-state index is 0.0805. The molecule has 0 aliphatic rings. The van der Waals surface area contributed by atoms with Crippen LogP contribution in [0.5, 0.6) is 0 Å². The van der Waals surface area contributed by atoms with E-state index in [1.54, 1.807) is 48.5 Å². The molecule has 0 amide bonds. The molecule has 4 heteroatoms. The predicted molar refractivity (Wildman–Crippen MR) is 74.2 cm³/mol. The lowest BCUT2D eigenvalue weighted by Gasteiger charge is -1.94. The van der Waals surface area contributed by atoms with Gasteiger partial charge in [0.15, 0.2) is 0 Å². The lowest BCUT2D eigenvalue weighted by Crippen LogP contribution is -1.85. The number of hydrogen-bond acceptors (Lipinski definition) is 3. The number of nitrogens with two attached hydrogens (primary N) is 1. The molecule has 18 heavy (non-hydrogen) atoms. The molecule has 0 bridgehead atoms. The Bertz CT molecular complexity index is 409. The van der Waals surface area contributed by atoms with Gasteiger partial charge in [-0.15, -0.1) is 0 Å². The van der Waals surface area contributed by atoms with Crippen molar-refractivity contribution in [2.75, 3.05) is 5.73 Å². The zero-order chi connectivity index (χ0) is 13.4. The SMILES string of the molecule is Nc1ccc(CO)cc1.OCc1ccc(Cl)cc1. The molecule has 0 saturated carbocycles. The van der Waals surface area contributed by atoms with Gasteiger partial charge in [-0.1, -0.05) is 35.9 Å². The summed E-state index contributed by atoms with van der Waals surface area (Å²) in [5, 5.41) is 17.9. The molecular formula is C14H16ClNO2. The van der Waals surface area contributed by atoms with Crippen LogP contribution in [0.4, 0.5) is 5.69 Å². The van der Waals surface area contributed by atoms with E-state index in [2.05, 4.69) is 0 Å². The van der Waals surface area contributed by atoms with E-state index in [1.165, 1.54) is 0 Å². The van der Waals surface area contributed by atoms with Crippen LogP contribution in [0, 0.1) is 0 Å². The van der Waals surface area contributed by atoms with Crippen LogP contribution in [0.2, 0.25) is 5.02 Å². The summed E-state index contributed by atoms with van der Waals surface area (Å²) in [7, 11) is 0. The number of benzene rings is 2. The first-order chi connectivity index (χ1) is 8.65. The summed E-state index contributed by atoms with van der Waals surface area (Å²) in [5.74, 6) is 0. The van der Waals surface area contributed by atoms with Gasteiger partial charge in [-0.05, 0) is 35.4 Å². The summed E-state index contributed by atoms with van der Waals surface area (Å²) in [5.41, 5.74) is 7.91. The molecule has 0 saturated heterocycles. The standard InChI is InChI=1S/C7H7ClO.C7H9NO/c2*8-7-3-1-6(5-9)2-4-7/h1-4,9H,5H2;1-4,9H,5,8H2. The van der Waals surface area contributed by atoms with Gasteiger partial charge in [0, 0.05) is 10.7 Å². The number of nitrogen functional groups attached to an aromatic ring is 1. The van der Waals surface area contributed by atoms with Crippen molar-refractivity contribution >= 4 is 17.3 Å². The molecule has 0 fully saturated rings. The maximum atomic E-state index is 8.59.